The molecule has 0 aliphatic carbocycles. The lowest BCUT2D eigenvalue weighted by Crippen LogP contribution is -2.46. The number of hydrogen-bond acceptors (Lipinski definition) is 6. The molecule has 1 atom stereocenters. The van der Waals surface area contributed by atoms with Crippen LogP contribution in [0.1, 0.15) is 5.56 Å². The molecule has 1 heterocycles. The number of amidine groups is 1. The van der Waals surface area contributed by atoms with Crippen molar-refractivity contribution in [1.29, 1.82) is 0 Å². The van der Waals surface area contributed by atoms with Crippen LogP contribution >= 0.6 is 0 Å². The lowest BCUT2D eigenvalue weighted by Gasteiger charge is -2.21. The van der Waals surface area contributed by atoms with Gasteiger partial charge < -0.3 is 19.8 Å². The molecule has 7 nitrogen and oxygen atoms in total. The van der Waals surface area contributed by atoms with Gasteiger partial charge in [-0.2, -0.15) is 0 Å². The number of benzene rings is 1. The maximum absolute atomic E-state index is 11.9. The lowest BCUT2D eigenvalue weighted by molar-refractivity contribution is -0.154. The van der Waals surface area contributed by atoms with Crippen molar-refractivity contribution in [3.8, 4) is 0 Å². The van der Waals surface area contributed by atoms with Crippen LogP contribution < -0.4 is 0 Å². The van der Waals surface area contributed by atoms with Crippen LogP contribution in [-0.4, -0.2) is 52.2 Å². The Bertz CT molecular complexity index is 529. The number of aliphatic hydroxyl groups is 1. The van der Waals surface area contributed by atoms with Gasteiger partial charge in [-0.05, 0) is 5.56 Å². The Morgan fingerprint density at radius 1 is 1.35 bits per heavy atom. The average Bonchev–Trinajstić information content (AvgIpc) is 2.94. The van der Waals surface area contributed by atoms with E-state index in [1.165, 1.54) is 0 Å². The zero-order valence-electron chi connectivity index (χ0n) is 10.6. The van der Waals surface area contributed by atoms with Crippen LogP contribution in [0.3, 0.4) is 0 Å². The van der Waals surface area contributed by atoms with E-state index in [1.807, 2.05) is 18.2 Å². The van der Waals surface area contributed by atoms with Gasteiger partial charge in [0.1, 0.15) is 6.61 Å². The molecule has 1 aliphatic heterocycles. The molecule has 1 aliphatic rings. The van der Waals surface area contributed by atoms with E-state index in [-0.39, 0.29) is 25.5 Å². The van der Waals surface area contributed by atoms with E-state index in [0.717, 1.165) is 10.5 Å². The Kier molecular flexibility index (Phi) is 4.31. The van der Waals surface area contributed by atoms with Crippen molar-refractivity contribution in [2.75, 3.05) is 13.1 Å². The highest BCUT2D eigenvalue weighted by Gasteiger charge is 2.33. The molecule has 7 heteroatoms. The van der Waals surface area contributed by atoms with Gasteiger partial charge in [0.25, 0.3) is 0 Å². The van der Waals surface area contributed by atoms with Gasteiger partial charge in [-0.3, -0.25) is 4.99 Å². The number of aliphatic imine (C=N–C) groups is 1. The summed E-state index contributed by atoms with van der Waals surface area (Å²) in [6.45, 7) is 0.485. The van der Waals surface area contributed by atoms with Crippen molar-refractivity contribution in [3.05, 3.63) is 35.9 Å². The standard InChI is InChI=1S/C13H14N2O5/c16-11(12(17)18)15-7-6-14-10(15)13(19)20-8-9-4-2-1-3-5-9/h1-5,11,16H,6-8H2,(H,17,18). The minimum atomic E-state index is -1.79. The van der Waals surface area contributed by atoms with E-state index >= 15 is 0 Å². The average molecular weight is 278 g/mol. The molecule has 0 aromatic heterocycles. The maximum atomic E-state index is 11.9. The third-order valence-corrected chi connectivity index (χ3v) is 2.79. The predicted octanol–water partition coefficient (Wildman–Crippen LogP) is -0.153. The first kappa shape index (κ1) is 14.0. The zero-order chi connectivity index (χ0) is 14.5. The molecule has 0 saturated carbocycles. The molecule has 106 valence electrons. The lowest BCUT2D eigenvalue weighted by atomic mass is 10.2. The topological polar surface area (TPSA) is 99.4 Å². The highest BCUT2D eigenvalue weighted by molar-refractivity contribution is 6.36. The largest absolute Gasteiger partial charge is 0.478 e. The first-order valence-electron chi connectivity index (χ1n) is 6.02. The minimum Gasteiger partial charge on any atom is -0.478 e. The van der Waals surface area contributed by atoms with Crippen LogP contribution in [0.2, 0.25) is 0 Å². The maximum Gasteiger partial charge on any atom is 0.374 e. The van der Waals surface area contributed by atoms with Gasteiger partial charge in [-0.1, -0.05) is 30.3 Å². The summed E-state index contributed by atoms with van der Waals surface area (Å²) in [5, 5.41) is 18.2. The van der Waals surface area contributed by atoms with Crippen molar-refractivity contribution in [2.24, 2.45) is 4.99 Å². The first-order valence-corrected chi connectivity index (χ1v) is 6.02. The van der Waals surface area contributed by atoms with E-state index in [1.54, 1.807) is 12.1 Å². The van der Waals surface area contributed by atoms with Gasteiger partial charge in [-0.15, -0.1) is 0 Å². The summed E-state index contributed by atoms with van der Waals surface area (Å²) in [7, 11) is 0. The van der Waals surface area contributed by atoms with Crippen LogP contribution in [0.25, 0.3) is 0 Å². The third kappa shape index (κ3) is 3.12. The second kappa shape index (κ2) is 6.16. The molecular formula is C13H14N2O5. The van der Waals surface area contributed by atoms with Gasteiger partial charge in [0.2, 0.25) is 12.1 Å². The summed E-state index contributed by atoms with van der Waals surface area (Å²) in [6.07, 6.45) is -1.79. The molecule has 2 N–H and O–H groups in total. The Labute approximate surface area is 115 Å². The predicted molar refractivity (Wildman–Crippen MR) is 68.9 cm³/mol. The fourth-order valence-electron chi connectivity index (χ4n) is 1.80. The quantitative estimate of drug-likeness (QED) is 0.726. The van der Waals surface area contributed by atoms with Gasteiger partial charge >= 0.3 is 11.9 Å². The molecule has 1 aromatic carbocycles. The van der Waals surface area contributed by atoms with E-state index in [2.05, 4.69) is 4.99 Å². The zero-order valence-corrected chi connectivity index (χ0v) is 10.6. The smallest absolute Gasteiger partial charge is 0.374 e. The number of ether oxygens (including phenoxy) is 1. The second-order valence-electron chi connectivity index (χ2n) is 4.17. The molecule has 0 radical (unpaired) electrons. The number of carbonyl (C=O) groups excluding carboxylic acids is 1. The summed E-state index contributed by atoms with van der Waals surface area (Å²) >= 11 is 0. The van der Waals surface area contributed by atoms with Crippen molar-refractivity contribution < 1.29 is 24.5 Å². The normalized spacial score (nSPS) is 15.7. The summed E-state index contributed by atoms with van der Waals surface area (Å²) < 4.78 is 5.06. The monoisotopic (exact) mass is 278 g/mol. The number of esters is 1. The van der Waals surface area contributed by atoms with Crippen LogP contribution in [0, 0.1) is 0 Å². The fourth-order valence-corrected chi connectivity index (χ4v) is 1.80. The molecule has 0 amide bonds. The summed E-state index contributed by atoms with van der Waals surface area (Å²) in [5.74, 6) is -2.34. The Morgan fingerprint density at radius 3 is 2.70 bits per heavy atom. The fraction of sp³-hybridized carbons (Fsp3) is 0.308. The van der Waals surface area contributed by atoms with E-state index in [4.69, 9.17) is 9.84 Å². The second-order valence-corrected chi connectivity index (χ2v) is 4.17. The Hall–Kier alpha value is -2.41. The number of hydrogen-bond donors (Lipinski definition) is 2. The van der Waals surface area contributed by atoms with Gasteiger partial charge in [0.05, 0.1) is 6.54 Å². The van der Waals surface area contributed by atoms with Gasteiger partial charge in [0.15, 0.2) is 0 Å². The number of rotatable bonds is 5. The molecule has 0 saturated heterocycles. The van der Waals surface area contributed by atoms with Crippen LogP contribution in [-0.2, 0) is 20.9 Å². The van der Waals surface area contributed by atoms with Crippen LogP contribution in [0.4, 0.5) is 0 Å². The summed E-state index contributed by atoms with van der Waals surface area (Å²) in [5.41, 5.74) is 0.810. The molecule has 1 unspecified atom stereocenters. The molecule has 0 bridgehead atoms. The van der Waals surface area contributed by atoms with E-state index in [0.29, 0.717) is 0 Å². The molecule has 0 spiro atoms. The number of nitrogens with zero attached hydrogens (tertiary/aromatic N) is 2. The van der Waals surface area contributed by atoms with Crippen molar-refractivity contribution >= 4 is 17.8 Å². The summed E-state index contributed by atoms with van der Waals surface area (Å²) in [6, 6.07) is 9.08. The van der Waals surface area contributed by atoms with Crippen LogP contribution in [0.15, 0.2) is 35.3 Å². The molecule has 0 fully saturated rings. The minimum absolute atomic E-state index is 0.0652. The van der Waals surface area contributed by atoms with E-state index < -0.39 is 18.2 Å². The number of aliphatic hydroxyl groups excluding tert-OH is 1. The molecule has 2 rings (SSSR count). The van der Waals surface area contributed by atoms with Gasteiger partial charge in [0, 0.05) is 6.54 Å². The number of aliphatic carboxylic acids is 1. The van der Waals surface area contributed by atoms with Crippen molar-refractivity contribution in [1.82, 2.24) is 4.90 Å². The molecular weight excluding hydrogens is 264 g/mol. The Morgan fingerprint density at radius 2 is 2.05 bits per heavy atom. The highest BCUT2D eigenvalue weighted by Crippen LogP contribution is 2.09. The number of carboxylic acids is 1. The van der Waals surface area contributed by atoms with Crippen LogP contribution in [0.5, 0.6) is 0 Å². The molecule has 20 heavy (non-hydrogen) atoms. The van der Waals surface area contributed by atoms with E-state index in [9.17, 15) is 14.7 Å². The van der Waals surface area contributed by atoms with Crippen molar-refractivity contribution in [3.63, 3.8) is 0 Å². The third-order valence-electron chi connectivity index (χ3n) is 2.79. The molecule has 1 aromatic rings. The summed E-state index contributed by atoms with van der Waals surface area (Å²) in [4.78, 5) is 27.5. The highest BCUT2D eigenvalue weighted by atomic mass is 16.5. The van der Waals surface area contributed by atoms with Gasteiger partial charge in [-0.25, -0.2) is 9.59 Å². The number of carbonyl (C=O) groups is 2. The Balaban J connectivity index is 1.96. The first-order chi connectivity index (χ1) is 9.59. The SMILES string of the molecule is O=C(OCc1ccccc1)C1=NCCN1C(O)C(=O)O. The van der Waals surface area contributed by atoms with Crippen molar-refractivity contribution in [2.45, 2.75) is 12.8 Å². The number of carboxylic acid groups (broad SMARTS) is 1.